The van der Waals surface area contributed by atoms with Gasteiger partial charge in [-0.15, -0.1) is 0 Å². The Balaban J connectivity index is 1.43. The van der Waals surface area contributed by atoms with Crippen LogP contribution in [-0.4, -0.2) is 21.6 Å². The SMILES string of the molecule is Cn1cc(-c2ccncc2)cc(NC(=O)C2Cc3c(ccc4ccccc34)O2)c1=O. The molecule has 4 aromatic rings. The van der Waals surface area contributed by atoms with Gasteiger partial charge in [-0.1, -0.05) is 30.3 Å². The summed E-state index contributed by atoms with van der Waals surface area (Å²) in [6.45, 7) is 0. The Bertz CT molecular complexity index is 1330. The number of nitrogens with zero attached hydrogens (tertiary/aromatic N) is 2. The molecule has 0 bridgehead atoms. The summed E-state index contributed by atoms with van der Waals surface area (Å²) in [5, 5.41) is 4.97. The zero-order valence-electron chi connectivity index (χ0n) is 16.3. The number of pyridine rings is 2. The van der Waals surface area contributed by atoms with Crippen LogP contribution in [0.5, 0.6) is 5.75 Å². The minimum absolute atomic E-state index is 0.223. The minimum Gasteiger partial charge on any atom is -0.480 e. The molecule has 0 radical (unpaired) electrons. The van der Waals surface area contributed by atoms with Gasteiger partial charge in [-0.3, -0.25) is 14.6 Å². The van der Waals surface area contributed by atoms with Crippen LogP contribution in [0.15, 0.2) is 78.0 Å². The van der Waals surface area contributed by atoms with E-state index >= 15 is 0 Å². The Morgan fingerprint density at radius 2 is 1.90 bits per heavy atom. The number of fused-ring (bicyclic) bond motifs is 3. The van der Waals surface area contributed by atoms with Crippen molar-refractivity contribution in [3.05, 3.63) is 89.1 Å². The lowest BCUT2D eigenvalue weighted by molar-refractivity contribution is -0.122. The van der Waals surface area contributed by atoms with Crippen molar-refractivity contribution in [1.29, 1.82) is 0 Å². The molecule has 6 nitrogen and oxygen atoms in total. The Labute approximate surface area is 172 Å². The number of nitrogens with one attached hydrogen (secondary N) is 1. The molecular formula is C24H19N3O3. The lowest BCUT2D eigenvalue weighted by Gasteiger charge is -2.13. The van der Waals surface area contributed by atoms with Crippen molar-refractivity contribution in [2.45, 2.75) is 12.5 Å². The van der Waals surface area contributed by atoms with Crippen LogP contribution < -0.4 is 15.6 Å². The summed E-state index contributed by atoms with van der Waals surface area (Å²) >= 11 is 0. The van der Waals surface area contributed by atoms with Gasteiger partial charge in [0.2, 0.25) is 0 Å². The van der Waals surface area contributed by atoms with E-state index in [0.717, 1.165) is 27.5 Å². The predicted molar refractivity (Wildman–Crippen MR) is 116 cm³/mol. The van der Waals surface area contributed by atoms with E-state index in [9.17, 15) is 9.59 Å². The van der Waals surface area contributed by atoms with Gasteiger partial charge in [-0.25, -0.2) is 0 Å². The molecule has 3 heterocycles. The third-order valence-corrected chi connectivity index (χ3v) is 5.40. The molecule has 2 aromatic heterocycles. The van der Waals surface area contributed by atoms with Crippen molar-refractivity contribution in [3.63, 3.8) is 0 Å². The van der Waals surface area contributed by atoms with Crippen LogP contribution >= 0.6 is 0 Å². The first-order valence-electron chi connectivity index (χ1n) is 9.69. The lowest BCUT2D eigenvalue weighted by atomic mass is 10.0. The number of carbonyl (C=O) groups excluding carboxylic acids is 1. The first-order chi connectivity index (χ1) is 14.6. The van der Waals surface area contributed by atoms with Crippen molar-refractivity contribution in [1.82, 2.24) is 9.55 Å². The fraction of sp³-hybridized carbons (Fsp3) is 0.125. The molecule has 1 N–H and O–H groups in total. The molecule has 1 amide bonds. The van der Waals surface area contributed by atoms with Crippen molar-refractivity contribution in [2.75, 3.05) is 5.32 Å². The Hall–Kier alpha value is -3.93. The summed E-state index contributed by atoms with van der Waals surface area (Å²) in [4.78, 5) is 29.5. The molecule has 0 spiro atoms. The Morgan fingerprint density at radius 1 is 1.10 bits per heavy atom. The summed E-state index contributed by atoms with van der Waals surface area (Å²) in [5.41, 5.74) is 2.69. The molecule has 2 aromatic carbocycles. The number of amides is 1. The van der Waals surface area contributed by atoms with Crippen molar-refractivity contribution >= 4 is 22.4 Å². The monoisotopic (exact) mass is 397 g/mol. The van der Waals surface area contributed by atoms with E-state index in [0.29, 0.717) is 12.2 Å². The second-order valence-electron chi connectivity index (χ2n) is 7.36. The van der Waals surface area contributed by atoms with Gasteiger partial charge in [0.25, 0.3) is 11.5 Å². The van der Waals surface area contributed by atoms with E-state index < -0.39 is 6.10 Å². The topological polar surface area (TPSA) is 73.2 Å². The maximum atomic E-state index is 12.9. The fourth-order valence-electron chi connectivity index (χ4n) is 3.88. The van der Waals surface area contributed by atoms with Gasteiger partial charge in [-0.2, -0.15) is 0 Å². The average molecular weight is 397 g/mol. The van der Waals surface area contributed by atoms with Gasteiger partial charge >= 0.3 is 0 Å². The highest BCUT2D eigenvalue weighted by molar-refractivity contribution is 5.97. The molecule has 1 aliphatic rings. The van der Waals surface area contributed by atoms with Crippen LogP contribution in [0.2, 0.25) is 0 Å². The molecule has 0 fully saturated rings. The van der Waals surface area contributed by atoms with Gasteiger partial charge in [0.1, 0.15) is 11.4 Å². The summed E-state index contributed by atoms with van der Waals surface area (Å²) in [5.74, 6) is 0.381. The van der Waals surface area contributed by atoms with Gasteiger partial charge in [0.05, 0.1) is 0 Å². The number of benzene rings is 2. The van der Waals surface area contributed by atoms with E-state index in [4.69, 9.17) is 4.74 Å². The summed E-state index contributed by atoms with van der Waals surface area (Å²) < 4.78 is 7.37. The highest BCUT2D eigenvalue weighted by Gasteiger charge is 2.31. The molecular weight excluding hydrogens is 378 g/mol. The largest absolute Gasteiger partial charge is 0.480 e. The van der Waals surface area contributed by atoms with Crippen molar-refractivity contribution in [3.8, 4) is 16.9 Å². The maximum Gasteiger partial charge on any atom is 0.274 e. The first kappa shape index (κ1) is 18.1. The molecule has 1 atom stereocenters. The Kier molecular flexibility index (Phi) is 4.32. The molecule has 6 heteroatoms. The number of rotatable bonds is 3. The highest BCUT2D eigenvalue weighted by atomic mass is 16.5. The van der Waals surface area contributed by atoms with Gasteiger partial charge in [-0.05, 0) is 40.6 Å². The van der Waals surface area contributed by atoms with E-state index in [1.54, 1.807) is 31.7 Å². The highest BCUT2D eigenvalue weighted by Crippen LogP contribution is 2.35. The van der Waals surface area contributed by atoms with Crippen LogP contribution in [0.25, 0.3) is 21.9 Å². The lowest BCUT2D eigenvalue weighted by Crippen LogP contribution is -2.34. The molecule has 30 heavy (non-hydrogen) atoms. The molecule has 0 aliphatic carbocycles. The zero-order valence-corrected chi connectivity index (χ0v) is 16.3. The van der Waals surface area contributed by atoms with Crippen LogP contribution in [0.4, 0.5) is 5.69 Å². The third-order valence-electron chi connectivity index (χ3n) is 5.40. The van der Waals surface area contributed by atoms with E-state index in [1.807, 2.05) is 48.5 Å². The van der Waals surface area contributed by atoms with Gasteiger partial charge in [0, 0.05) is 43.2 Å². The van der Waals surface area contributed by atoms with Crippen molar-refractivity contribution < 1.29 is 9.53 Å². The number of hydrogen-bond donors (Lipinski definition) is 1. The number of carbonyl (C=O) groups is 1. The minimum atomic E-state index is -0.680. The first-order valence-corrected chi connectivity index (χ1v) is 9.69. The fourth-order valence-corrected chi connectivity index (χ4v) is 3.88. The number of hydrogen-bond acceptors (Lipinski definition) is 4. The molecule has 1 aliphatic heterocycles. The predicted octanol–water partition coefficient (Wildman–Crippen LogP) is 3.54. The average Bonchev–Trinajstić information content (AvgIpc) is 3.22. The molecule has 5 rings (SSSR count). The second kappa shape index (κ2) is 7.15. The molecule has 148 valence electrons. The third kappa shape index (κ3) is 3.12. The quantitative estimate of drug-likeness (QED) is 0.574. The van der Waals surface area contributed by atoms with Gasteiger partial charge < -0.3 is 14.6 Å². The summed E-state index contributed by atoms with van der Waals surface area (Å²) in [6, 6.07) is 17.3. The second-order valence-corrected chi connectivity index (χ2v) is 7.36. The van der Waals surface area contributed by atoms with E-state index in [2.05, 4.69) is 10.3 Å². The van der Waals surface area contributed by atoms with E-state index in [1.165, 1.54) is 4.57 Å². The van der Waals surface area contributed by atoms with Crippen molar-refractivity contribution in [2.24, 2.45) is 7.05 Å². The number of aromatic nitrogens is 2. The van der Waals surface area contributed by atoms with Crippen LogP contribution in [-0.2, 0) is 18.3 Å². The summed E-state index contributed by atoms with van der Waals surface area (Å²) in [6.07, 6.45) is 4.90. The summed E-state index contributed by atoms with van der Waals surface area (Å²) in [7, 11) is 1.66. The van der Waals surface area contributed by atoms with E-state index in [-0.39, 0.29) is 17.2 Å². The molecule has 0 saturated heterocycles. The number of aryl methyl sites for hydroxylation is 1. The normalized spacial score (nSPS) is 14.9. The zero-order chi connectivity index (χ0) is 20.7. The number of ether oxygens (including phenoxy) is 1. The molecule has 1 unspecified atom stereocenters. The molecule has 0 saturated carbocycles. The Morgan fingerprint density at radius 3 is 2.73 bits per heavy atom. The smallest absolute Gasteiger partial charge is 0.274 e. The van der Waals surface area contributed by atoms with Crippen LogP contribution in [0.1, 0.15) is 5.56 Å². The van der Waals surface area contributed by atoms with Crippen LogP contribution in [0.3, 0.4) is 0 Å². The number of anilines is 1. The standard InChI is InChI=1S/C24H19N3O3/c1-27-14-17(15-8-10-25-11-9-15)12-20(24(27)29)26-23(28)22-13-19-18-5-3-2-4-16(18)6-7-21(19)30-22/h2-12,14,22H,13H2,1H3,(H,26,28). The maximum absolute atomic E-state index is 12.9. The van der Waals surface area contributed by atoms with Crippen LogP contribution in [0, 0.1) is 0 Å². The van der Waals surface area contributed by atoms with Gasteiger partial charge in [0.15, 0.2) is 6.10 Å².